The van der Waals surface area contributed by atoms with Gasteiger partial charge in [-0.15, -0.1) is 29.3 Å². The van der Waals surface area contributed by atoms with E-state index >= 15 is 0 Å². The Balaban J connectivity index is 0.00000741. The molecule has 8 rings (SSSR count). The zero-order chi connectivity index (χ0) is 51.3. The molecule has 0 aliphatic carbocycles. The van der Waals surface area contributed by atoms with E-state index < -0.39 is 41.0 Å². The molecule has 0 spiro atoms. The van der Waals surface area contributed by atoms with Crippen LogP contribution in [0.3, 0.4) is 0 Å². The minimum Gasteiger partial charge on any atom is -0.507 e. The molecule has 0 aliphatic heterocycles. The number of fused-ring (bicyclic) bond motifs is 1. The molecule has 0 fully saturated rings. The minimum atomic E-state index is -0.980. The molecule has 2 heterocycles. The summed E-state index contributed by atoms with van der Waals surface area (Å²) >= 11 is 0. The van der Waals surface area contributed by atoms with Gasteiger partial charge in [0.25, 0.3) is 0 Å². The summed E-state index contributed by atoms with van der Waals surface area (Å²) in [6.07, 6.45) is -0.486. The maximum absolute atomic E-state index is 12.5. The number of aromatic hydroxyl groups is 1. The van der Waals surface area contributed by atoms with Gasteiger partial charge in [0.2, 0.25) is 0 Å². The molecule has 8 aromatic rings. The first-order valence-corrected chi connectivity index (χ1v) is 21.2. The summed E-state index contributed by atoms with van der Waals surface area (Å²) in [6, 6.07) is 31.5. The number of nitrogens with zero attached hydrogens (tertiary/aromatic N) is 3. The molecule has 1 N–H and O–H groups in total. The first-order valence-electron chi connectivity index (χ1n) is 25.2. The van der Waals surface area contributed by atoms with Crippen molar-refractivity contribution in [1.82, 2.24) is 14.5 Å². The number of hydrogen-bond donors (Lipinski definition) is 1. The summed E-state index contributed by atoms with van der Waals surface area (Å²) in [5.41, 5.74) is 8.06. The van der Waals surface area contributed by atoms with Crippen LogP contribution in [0.2, 0.25) is 0 Å². The number of pyridine rings is 1. The van der Waals surface area contributed by atoms with Crippen LogP contribution in [0.15, 0.2) is 133 Å². The fourth-order valence-electron chi connectivity index (χ4n) is 7.74. The molecule has 0 saturated carbocycles. The van der Waals surface area contributed by atoms with Crippen molar-refractivity contribution in [2.24, 2.45) is 0 Å². The van der Waals surface area contributed by atoms with Crippen LogP contribution >= 0.6 is 0 Å². The zero-order valence-electron chi connectivity index (χ0n) is 46.3. The molecule has 0 aliphatic rings. The monoisotopic (exact) mass is 1020 g/mol. The summed E-state index contributed by atoms with van der Waals surface area (Å²) in [5, 5.41) is 12.5. The third-order valence-corrected chi connectivity index (χ3v) is 11.4. The van der Waals surface area contributed by atoms with Gasteiger partial charge >= 0.3 is 0 Å². The number of phenolic OH excluding ortho intramolecular Hbond substituents is 1. The van der Waals surface area contributed by atoms with E-state index in [1.54, 1.807) is 0 Å². The topological polar surface area (TPSA) is 50.9 Å². The Hall–Kier alpha value is -5.57. The molecule has 0 saturated heterocycles. The fraction of sp³-hybridized carbons (Fsp3) is 0.276. The maximum Gasteiger partial charge on any atom is 0.148 e. The van der Waals surface area contributed by atoms with Crippen molar-refractivity contribution in [3.8, 4) is 67.5 Å². The second-order valence-electron chi connectivity index (χ2n) is 19.6. The van der Waals surface area contributed by atoms with Crippen molar-refractivity contribution in [1.29, 1.82) is 0 Å². The van der Waals surface area contributed by atoms with Crippen LogP contribution in [0.5, 0.6) is 5.75 Å². The van der Waals surface area contributed by atoms with Crippen molar-refractivity contribution in [3.63, 3.8) is 0 Å². The molecule has 63 heavy (non-hydrogen) atoms. The fourth-order valence-corrected chi connectivity index (χ4v) is 7.74. The van der Waals surface area contributed by atoms with Crippen molar-refractivity contribution in [2.75, 3.05) is 0 Å². The Bertz CT molecular complexity index is 3380. The van der Waals surface area contributed by atoms with Gasteiger partial charge in [-0.3, -0.25) is 9.55 Å². The van der Waals surface area contributed by atoms with Gasteiger partial charge in [0.1, 0.15) is 11.6 Å². The van der Waals surface area contributed by atoms with E-state index in [4.69, 9.17) is 13.2 Å². The van der Waals surface area contributed by atoms with E-state index in [-0.39, 0.29) is 72.7 Å². The molecular formula is C58H60N3OPt-. The van der Waals surface area contributed by atoms with Gasteiger partial charge < -0.3 is 5.11 Å². The molecular weight excluding hydrogens is 950 g/mol. The summed E-state index contributed by atoms with van der Waals surface area (Å²) in [5.74, 6) is -0.372. The van der Waals surface area contributed by atoms with Crippen LogP contribution in [0.1, 0.15) is 121 Å². The number of benzene rings is 6. The van der Waals surface area contributed by atoms with Gasteiger partial charge in [0, 0.05) is 45.6 Å². The van der Waals surface area contributed by atoms with E-state index in [1.165, 1.54) is 6.92 Å². The summed E-state index contributed by atoms with van der Waals surface area (Å²) in [6.45, 7) is 24.1. The number of aromatic nitrogens is 3. The van der Waals surface area contributed by atoms with Gasteiger partial charge in [-0.05, 0) is 92.8 Å². The summed E-state index contributed by atoms with van der Waals surface area (Å²) < 4.78 is 73.5. The van der Waals surface area contributed by atoms with Gasteiger partial charge in [-0.1, -0.05) is 178 Å². The minimum absolute atomic E-state index is 0. The first kappa shape index (κ1) is 35.8. The van der Waals surface area contributed by atoms with Crippen LogP contribution in [0, 0.1) is 13.0 Å². The van der Waals surface area contributed by atoms with Crippen LogP contribution < -0.4 is 0 Å². The average molecular weight is 1020 g/mol. The number of hydrogen-bond acceptors (Lipinski definition) is 3. The van der Waals surface area contributed by atoms with Crippen molar-refractivity contribution in [3.05, 3.63) is 167 Å². The quantitative estimate of drug-likeness (QED) is 0.162. The second-order valence-corrected chi connectivity index (χ2v) is 19.6. The first-order chi connectivity index (χ1) is 32.5. The van der Waals surface area contributed by atoms with E-state index in [1.807, 2.05) is 86.6 Å². The molecule has 6 aromatic carbocycles. The molecule has 0 amide bonds. The van der Waals surface area contributed by atoms with Crippen molar-refractivity contribution in [2.45, 2.75) is 105 Å². The number of rotatable bonds is 7. The Kier molecular flexibility index (Phi) is 9.78. The van der Waals surface area contributed by atoms with E-state index in [9.17, 15) is 7.85 Å². The van der Waals surface area contributed by atoms with Crippen molar-refractivity contribution < 1.29 is 37.1 Å². The molecule has 0 radical (unpaired) electrons. The van der Waals surface area contributed by atoms with Crippen LogP contribution in [0.4, 0.5) is 0 Å². The zero-order valence-corrected chi connectivity index (χ0v) is 40.5. The Morgan fingerprint density at radius 2 is 1.33 bits per heavy atom. The van der Waals surface area contributed by atoms with Gasteiger partial charge in [0.05, 0.1) is 26.2 Å². The summed E-state index contributed by atoms with van der Waals surface area (Å²) in [4.78, 5) is 10.00. The molecule has 0 unspecified atom stereocenters. The molecule has 4 nitrogen and oxygen atoms in total. The third-order valence-electron chi connectivity index (χ3n) is 11.4. The Morgan fingerprint density at radius 1 is 0.667 bits per heavy atom. The third kappa shape index (κ3) is 9.25. The standard InChI is InChI=1S/C58H60N3O.Pt/c1-36(2)41-27-42(38-17-14-13-15-18-38)32-47(31-41)61-52-20-16-19-48(53(52)60-55(61)49-34-46(57(7,8)9)35-50(54(49)62)58(10,11)12)43-28-44(30-45(29-43)56(4,5)6)51-33-40(25-26-59-51)39-23-21-37(3)22-24-39;/h13-27,29-36,62H,1-12H3;/q-1;/i21D,22D,23D,24D,25D,26D,33D,36D;. The van der Waals surface area contributed by atoms with E-state index in [2.05, 4.69) is 96.1 Å². The summed E-state index contributed by atoms with van der Waals surface area (Å²) in [7, 11) is 0. The predicted octanol–water partition coefficient (Wildman–Crippen LogP) is 15.6. The maximum atomic E-state index is 12.5. The van der Waals surface area contributed by atoms with Gasteiger partial charge in [-0.2, -0.15) is 0 Å². The number of para-hydroxylation sites is 1. The number of phenols is 1. The predicted molar refractivity (Wildman–Crippen MR) is 261 cm³/mol. The van der Waals surface area contributed by atoms with Crippen LogP contribution in [0.25, 0.3) is 72.7 Å². The molecule has 2 aromatic heterocycles. The molecule has 324 valence electrons. The Morgan fingerprint density at radius 3 is 1.98 bits per heavy atom. The normalized spacial score (nSPS) is 14.2. The van der Waals surface area contributed by atoms with E-state index in [0.29, 0.717) is 33.6 Å². The smallest absolute Gasteiger partial charge is 0.148 e. The van der Waals surface area contributed by atoms with Gasteiger partial charge in [0.15, 0.2) is 0 Å². The SMILES string of the molecule is [2H]c1nc(-c2[c-]c(-c3cccc4c3nc(-c3cc(C(C)(C)C)cc(C(C)(C)C)c3O)n4-c3cc(-c4ccccc4)cc(C([2H])(C)C)c3)cc(C(C)(C)C)c2)c([2H])c(-c2c([2H])c([2H])c(C)c([2H])c2[2H])c1[2H].[Pt]. The van der Waals surface area contributed by atoms with E-state index in [0.717, 1.165) is 44.6 Å². The molecule has 0 atom stereocenters. The van der Waals surface area contributed by atoms with Crippen LogP contribution in [-0.4, -0.2) is 19.6 Å². The second kappa shape index (κ2) is 17.2. The number of imidazole rings is 1. The van der Waals surface area contributed by atoms with Crippen molar-refractivity contribution >= 4 is 11.0 Å². The molecule has 0 bridgehead atoms. The van der Waals surface area contributed by atoms with Crippen LogP contribution in [-0.2, 0) is 37.3 Å². The Labute approximate surface area is 401 Å². The average Bonchev–Trinajstić information content (AvgIpc) is 3.68. The molecule has 5 heteroatoms. The largest absolute Gasteiger partial charge is 0.507 e. The van der Waals surface area contributed by atoms with Gasteiger partial charge in [-0.25, -0.2) is 4.98 Å².